The van der Waals surface area contributed by atoms with E-state index in [4.69, 9.17) is 4.74 Å². The minimum Gasteiger partial charge on any atom is -0.497 e. The van der Waals surface area contributed by atoms with Gasteiger partial charge in [-0.15, -0.1) is 22.7 Å². The zero-order valence-electron chi connectivity index (χ0n) is 16.0. The summed E-state index contributed by atoms with van der Waals surface area (Å²) in [4.78, 5) is 13.6. The van der Waals surface area contributed by atoms with Crippen LogP contribution >= 0.6 is 22.7 Å². The van der Waals surface area contributed by atoms with Crippen molar-refractivity contribution < 1.29 is 4.74 Å². The number of anilines is 1. The predicted octanol–water partition coefficient (Wildman–Crippen LogP) is 5.14. The van der Waals surface area contributed by atoms with Gasteiger partial charge in [-0.1, -0.05) is 18.2 Å². The molecule has 7 heteroatoms. The number of benzene rings is 1. The molecule has 4 aromatic rings. The molecule has 0 spiro atoms. The van der Waals surface area contributed by atoms with Crippen LogP contribution in [0.15, 0.2) is 53.5 Å². The van der Waals surface area contributed by atoms with Gasteiger partial charge in [0.05, 0.1) is 18.5 Å². The van der Waals surface area contributed by atoms with E-state index in [0.717, 1.165) is 39.5 Å². The molecule has 1 aromatic carbocycles. The maximum atomic E-state index is 5.28. The Morgan fingerprint density at radius 2 is 1.93 bits per heavy atom. The summed E-state index contributed by atoms with van der Waals surface area (Å²) in [6.07, 6.45) is 1.63. The van der Waals surface area contributed by atoms with Crippen molar-refractivity contribution in [2.24, 2.45) is 0 Å². The molecule has 1 atom stereocenters. The van der Waals surface area contributed by atoms with Crippen LogP contribution in [0.25, 0.3) is 21.3 Å². The van der Waals surface area contributed by atoms with Gasteiger partial charge in [0.1, 0.15) is 22.7 Å². The first-order valence-electron chi connectivity index (χ1n) is 8.97. The van der Waals surface area contributed by atoms with Crippen LogP contribution in [0.5, 0.6) is 5.75 Å². The Hall–Kier alpha value is -2.48. The molecule has 0 saturated carbocycles. The van der Waals surface area contributed by atoms with E-state index < -0.39 is 0 Å². The van der Waals surface area contributed by atoms with E-state index in [1.807, 2.05) is 12.1 Å². The van der Waals surface area contributed by atoms with E-state index in [-0.39, 0.29) is 6.04 Å². The summed E-state index contributed by atoms with van der Waals surface area (Å²) in [5, 5.41) is 8.91. The van der Waals surface area contributed by atoms with Gasteiger partial charge in [-0.25, -0.2) is 9.97 Å². The number of rotatable bonds is 7. The second-order valence-corrected chi connectivity index (χ2v) is 8.49. The molecule has 1 unspecified atom stereocenters. The summed E-state index contributed by atoms with van der Waals surface area (Å²) in [5.41, 5.74) is 2.27. The fourth-order valence-electron chi connectivity index (χ4n) is 3.20. The molecule has 0 saturated heterocycles. The topological polar surface area (TPSA) is 50.3 Å². The van der Waals surface area contributed by atoms with E-state index in [1.54, 1.807) is 36.1 Å². The molecule has 28 heavy (non-hydrogen) atoms. The number of methoxy groups -OCH3 is 1. The fraction of sp³-hybridized carbons (Fsp3) is 0.238. The standard InChI is InChI=1S/C21H22N4OS2/c1-25(2)17(18-5-4-10-27-18)11-22-20-19-16(12-28-21(19)24-13-23-20)14-6-8-15(26-3)9-7-14/h4-10,12-13,17H,11H2,1-3H3,(H,22,23,24). The largest absolute Gasteiger partial charge is 0.497 e. The van der Waals surface area contributed by atoms with Crippen molar-refractivity contribution in [3.63, 3.8) is 0 Å². The van der Waals surface area contributed by atoms with Crippen LogP contribution in [0.4, 0.5) is 5.82 Å². The van der Waals surface area contributed by atoms with Gasteiger partial charge in [-0.05, 0) is 43.2 Å². The van der Waals surface area contributed by atoms with Gasteiger partial charge in [-0.3, -0.25) is 0 Å². The molecule has 0 aliphatic carbocycles. The first-order valence-corrected chi connectivity index (χ1v) is 10.7. The van der Waals surface area contributed by atoms with E-state index in [1.165, 1.54) is 4.88 Å². The highest BCUT2D eigenvalue weighted by atomic mass is 32.1. The molecule has 4 rings (SSSR count). The molecule has 3 aromatic heterocycles. The first-order chi connectivity index (χ1) is 13.7. The first kappa shape index (κ1) is 18.9. The molecule has 0 aliphatic heterocycles. The van der Waals surface area contributed by atoms with Crippen LogP contribution in [0.1, 0.15) is 10.9 Å². The molecule has 144 valence electrons. The van der Waals surface area contributed by atoms with Gasteiger partial charge >= 0.3 is 0 Å². The monoisotopic (exact) mass is 410 g/mol. The number of nitrogens with one attached hydrogen (secondary N) is 1. The molecule has 0 radical (unpaired) electrons. The third kappa shape index (κ3) is 3.73. The lowest BCUT2D eigenvalue weighted by molar-refractivity contribution is 0.316. The lowest BCUT2D eigenvalue weighted by atomic mass is 10.1. The van der Waals surface area contributed by atoms with Crippen LogP contribution in [0.2, 0.25) is 0 Å². The zero-order chi connectivity index (χ0) is 19.5. The minimum absolute atomic E-state index is 0.285. The van der Waals surface area contributed by atoms with Gasteiger partial charge in [0.2, 0.25) is 0 Å². The summed E-state index contributed by atoms with van der Waals surface area (Å²) < 4.78 is 5.28. The van der Waals surface area contributed by atoms with Crippen molar-refractivity contribution in [1.82, 2.24) is 14.9 Å². The van der Waals surface area contributed by atoms with Gasteiger partial charge in [0, 0.05) is 22.4 Å². The molecule has 1 N–H and O–H groups in total. The van der Waals surface area contributed by atoms with Gasteiger partial charge in [-0.2, -0.15) is 0 Å². The molecule has 3 heterocycles. The average molecular weight is 411 g/mol. The predicted molar refractivity (Wildman–Crippen MR) is 119 cm³/mol. The number of fused-ring (bicyclic) bond motifs is 1. The highest BCUT2D eigenvalue weighted by molar-refractivity contribution is 7.17. The van der Waals surface area contributed by atoms with Gasteiger partial charge in [0.15, 0.2) is 0 Å². The summed E-state index contributed by atoms with van der Waals surface area (Å²) in [6, 6.07) is 12.7. The number of nitrogens with zero attached hydrogens (tertiary/aromatic N) is 3. The molecule has 0 amide bonds. The summed E-state index contributed by atoms with van der Waals surface area (Å²) >= 11 is 3.42. The van der Waals surface area contributed by atoms with Crippen molar-refractivity contribution >= 4 is 38.7 Å². The average Bonchev–Trinajstić information content (AvgIpc) is 3.38. The van der Waals surface area contributed by atoms with Crippen molar-refractivity contribution in [2.45, 2.75) is 6.04 Å². The van der Waals surface area contributed by atoms with Crippen LogP contribution < -0.4 is 10.1 Å². The van der Waals surface area contributed by atoms with E-state index in [0.29, 0.717) is 0 Å². The molecular formula is C21H22N4OS2. The lowest BCUT2D eigenvalue weighted by Gasteiger charge is -2.24. The summed E-state index contributed by atoms with van der Waals surface area (Å²) in [7, 11) is 5.89. The lowest BCUT2D eigenvalue weighted by Crippen LogP contribution is -2.26. The third-order valence-corrected chi connectivity index (χ3v) is 6.59. The van der Waals surface area contributed by atoms with Crippen molar-refractivity contribution in [1.29, 1.82) is 0 Å². The van der Waals surface area contributed by atoms with Crippen molar-refractivity contribution in [3.8, 4) is 16.9 Å². The maximum Gasteiger partial charge on any atom is 0.138 e. The van der Waals surface area contributed by atoms with E-state index in [9.17, 15) is 0 Å². The van der Waals surface area contributed by atoms with Gasteiger partial charge in [0.25, 0.3) is 0 Å². The molecule has 0 aliphatic rings. The Bertz CT molecular complexity index is 1040. The van der Waals surface area contributed by atoms with Crippen LogP contribution in [-0.4, -0.2) is 42.6 Å². The molecule has 0 bridgehead atoms. The Kier molecular flexibility index (Phi) is 5.57. The highest BCUT2D eigenvalue weighted by Gasteiger charge is 2.18. The van der Waals surface area contributed by atoms with Crippen molar-refractivity contribution in [3.05, 3.63) is 58.4 Å². The van der Waals surface area contributed by atoms with E-state index >= 15 is 0 Å². The SMILES string of the molecule is COc1ccc(-c2csc3ncnc(NCC(c4cccs4)N(C)C)c23)cc1. The van der Waals surface area contributed by atoms with Crippen LogP contribution in [0, 0.1) is 0 Å². The number of ether oxygens (including phenoxy) is 1. The highest BCUT2D eigenvalue weighted by Crippen LogP contribution is 2.37. The van der Waals surface area contributed by atoms with Crippen molar-refractivity contribution in [2.75, 3.05) is 33.1 Å². The minimum atomic E-state index is 0.285. The Labute approximate surface area is 172 Å². The van der Waals surface area contributed by atoms with E-state index in [2.05, 4.69) is 69.3 Å². The Balaban J connectivity index is 1.66. The summed E-state index contributed by atoms with van der Waals surface area (Å²) in [5.74, 6) is 1.73. The number of likely N-dealkylation sites (N-methyl/N-ethyl adjacent to an activating group) is 1. The molecule has 5 nitrogen and oxygen atoms in total. The number of thiophene rings is 2. The Morgan fingerprint density at radius 3 is 2.61 bits per heavy atom. The summed E-state index contributed by atoms with van der Waals surface area (Å²) in [6.45, 7) is 0.775. The third-order valence-electron chi connectivity index (χ3n) is 4.73. The van der Waals surface area contributed by atoms with Gasteiger partial charge < -0.3 is 15.0 Å². The molecular weight excluding hydrogens is 388 g/mol. The second kappa shape index (κ2) is 8.26. The molecule has 0 fully saturated rings. The smallest absolute Gasteiger partial charge is 0.138 e. The normalized spacial score (nSPS) is 12.4. The Morgan fingerprint density at radius 1 is 1.11 bits per heavy atom. The second-order valence-electron chi connectivity index (χ2n) is 6.66. The van der Waals surface area contributed by atoms with Crippen LogP contribution in [-0.2, 0) is 0 Å². The number of hydrogen-bond acceptors (Lipinski definition) is 7. The number of aromatic nitrogens is 2. The fourth-order valence-corrected chi connectivity index (χ4v) is 5.04. The zero-order valence-corrected chi connectivity index (χ0v) is 17.7. The quantitative estimate of drug-likeness (QED) is 0.457. The number of hydrogen-bond donors (Lipinski definition) is 1. The van der Waals surface area contributed by atoms with Crippen LogP contribution in [0.3, 0.4) is 0 Å². The maximum absolute atomic E-state index is 5.28.